The van der Waals surface area contributed by atoms with Crippen molar-refractivity contribution in [2.45, 2.75) is 19.2 Å². The first-order valence-electron chi connectivity index (χ1n) is 4.40. The molecule has 16 heavy (non-hydrogen) atoms. The van der Waals surface area contributed by atoms with Gasteiger partial charge in [0.25, 0.3) is 0 Å². The van der Waals surface area contributed by atoms with Gasteiger partial charge in [-0.15, -0.1) is 13.2 Å². The Labute approximate surface area is 104 Å². The van der Waals surface area contributed by atoms with Crippen LogP contribution in [0.2, 0.25) is 0 Å². The normalized spacial score (nSPS) is 11.2. The average molecular weight is 344 g/mol. The first kappa shape index (κ1) is 13.3. The second-order valence-electron chi connectivity index (χ2n) is 3.01. The molecule has 88 valence electrons. The lowest BCUT2D eigenvalue weighted by atomic mass is 10.1. The molecule has 0 heterocycles. The van der Waals surface area contributed by atoms with Crippen molar-refractivity contribution in [3.63, 3.8) is 0 Å². The Hall–Kier alpha value is -0.790. The van der Waals surface area contributed by atoms with Crippen LogP contribution in [-0.4, -0.2) is 12.6 Å². The second kappa shape index (κ2) is 5.51. The van der Waals surface area contributed by atoms with Crippen LogP contribution in [0.15, 0.2) is 18.2 Å². The lowest BCUT2D eigenvalue weighted by molar-refractivity contribution is -0.274. The lowest BCUT2D eigenvalue weighted by Crippen LogP contribution is -2.17. The van der Waals surface area contributed by atoms with Crippen molar-refractivity contribution in [1.29, 1.82) is 0 Å². The maximum absolute atomic E-state index is 11.9. The predicted octanol–water partition coefficient (Wildman–Crippen LogP) is 3.32. The molecule has 1 rings (SSSR count). The Balaban J connectivity index is 2.78. The van der Waals surface area contributed by atoms with E-state index < -0.39 is 6.36 Å². The fraction of sp³-hybridized carbons (Fsp3) is 0.300. The molecule has 1 aromatic rings. The summed E-state index contributed by atoms with van der Waals surface area (Å²) >= 11 is 1.91. The summed E-state index contributed by atoms with van der Waals surface area (Å²) in [6.45, 7) is 0. The van der Waals surface area contributed by atoms with Crippen molar-refractivity contribution in [1.82, 2.24) is 0 Å². The van der Waals surface area contributed by atoms with Gasteiger partial charge >= 0.3 is 6.36 Å². The number of benzene rings is 1. The van der Waals surface area contributed by atoms with Gasteiger partial charge in [0, 0.05) is 9.99 Å². The van der Waals surface area contributed by atoms with E-state index in [0.29, 0.717) is 16.4 Å². The molecule has 0 aliphatic rings. The molecule has 0 N–H and O–H groups in total. The standard InChI is InChI=1S/C10H8F3IO2/c11-10(12,13)16-8-4-3-7(2-1-5-15)9(14)6-8/h3-6H,1-2H2. The van der Waals surface area contributed by atoms with Crippen molar-refractivity contribution in [2.24, 2.45) is 0 Å². The van der Waals surface area contributed by atoms with Crippen LogP contribution in [-0.2, 0) is 11.2 Å². The molecule has 0 atom stereocenters. The Morgan fingerprint density at radius 1 is 1.38 bits per heavy atom. The molecule has 0 amide bonds. The highest BCUT2D eigenvalue weighted by Crippen LogP contribution is 2.26. The van der Waals surface area contributed by atoms with E-state index in [1.54, 1.807) is 0 Å². The average Bonchev–Trinajstić information content (AvgIpc) is 2.14. The van der Waals surface area contributed by atoms with E-state index in [0.717, 1.165) is 11.8 Å². The van der Waals surface area contributed by atoms with E-state index in [9.17, 15) is 18.0 Å². The maximum Gasteiger partial charge on any atom is 0.573 e. The highest BCUT2D eigenvalue weighted by atomic mass is 127. The molecule has 0 radical (unpaired) electrons. The summed E-state index contributed by atoms with van der Waals surface area (Å²) in [5, 5.41) is 0. The van der Waals surface area contributed by atoms with Crippen molar-refractivity contribution in [2.75, 3.05) is 0 Å². The van der Waals surface area contributed by atoms with Crippen LogP contribution in [0.1, 0.15) is 12.0 Å². The molecule has 0 saturated carbocycles. The number of alkyl halides is 3. The van der Waals surface area contributed by atoms with E-state index in [4.69, 9.17) is 0 Å². The molecule has 0 aliphatic heterocycles. The van der Waals surface area contributed by atoms with Gasteiger partial charge in [-0.2, -0.15) is 0 Å². The fourth-order valence-corrected chi connectivity index (χ4v) is 1.90. The van der Waals surface area contributed by atoms with Crippen LogP contribution < -0.4 is 4.74 Å². The Kier molecular flexibility index (Phi) is 4.57. The molecule has 1 aromatic carbocycles. The molecule has 2 nitrogen and oxygen atoms in total. The topological polar surface area (TPSA) is 26.3 Å². The van der Waals surface area contributed by atoms with Gasteiger partial charge in [0.2, 0.25) is 0 Å². The van der Waals surface area contributed by atoms with Crippen LogP contribution in [0.25, 0.3) is 0 Å². The van der Waals surface area contributed by atoms with E-state index in [1.807, 2.05) is 22.6 Å². The van der Waals surface area contributed by atoms with E-state index in [2.05, 4.69) is 4.74 Å². The Morgan fingerprint density at radius 3 is 2.56 bits per heavy atom. The summed E-state index contributed by atoms with van der Waals surface area (Å²) in [5.41, 5.74) is 0.835. The zero-order chi connectivity index (χ0) is 12.2. The van der Waals surface area contributed by atoms with Gasteiger partial charge in [0.05, 0.1) is 0 Å². The van der Waals surface area contributed by atoms with Crippen LogP contribution in [0.4, 0.5) is 13.2 Å². The first-order valence-corrected chi connectivity index (χ1v) is 5.48. The number of carbonyl (C=O) groups excluding carboxylic acids is 1. The second-order valence-corrected chi connectivity index (χ2v) is 4.17. The number of aryl methyl sites for hydroxylation is 1. The quantitative estimate of drug-likeness (QED) is 0.619. The lowest BCUT2D eigenvalue weighted by Gasteiger charge is -2.10. The van der Waals surface area contributed by atoms with Crippen LogP contribution in [0.3, 0.4) is 0 Å². The smallest absolute Gasteiger partial charge is 0.406 e. The summed E-state index contributed by atoms with van der Waals surface area (Å²) in [7, 11) is 0. The monoisotopic (exact) mass is 344 g/mol. The minimum atomic E-state index is -4.67. The number of aldehydes is 1. The number of hydrogen-bond acceptors (Lipinski definition) is 2. The highest BCUT2D eigenvalue weighted by Gasteiger charge is 2.31. The summed E-state index contributed by atoms with van der Waals surface area (Å²) in [4.78, 5) is 10.2. The third kappa shape index (κ3) is 4.38. The summed E-state index contributed by atoms with van der Waals surface area (Å²) < 4.78 is 40.1. The van der Waals surface area contributed by atoms with Gasteiger partial charge in [0.1, 0.15) is 12.0 Å². The van der Waals surface area contributed by atoms with E-state index >= 15 is 0 Å². The number of halogens is 4. The molecule has 0 bridgehead atoms. The van der Waals surface area contributed by atoms with E-state index in [-0.39, 0.29) is 5.75 Å². The molecular formula is C10H8F3IO2. The van der Waals surface area contributed by atoms with Crippen LogP contribution >= 0.6 is 22.6 Å². The number of hydrogen-bond donors (Lipinski definition) is 0. The number of carbonyl (C=O) groups is 1. The Bertz CT molecular complexity index is 377. The SMILES string of the molecule is O=CCCc1ccc(OC(F)(F)F)cc1I. The third-order valence-corrected chi connectivity index (χ3v) is 2.79. The van der Waals surface area contributed by atoms with Crippen LogP contribution in [0, 0.1) is 3.57 Å². The van der Waals surface area contributed by atoms with Crippen LogP contribution in [0.5, 0.6) is 5.75 Å². The minimum absolute atomic E-state index is 0.244. The van der Waals surface area contributed by atoms with Gasteiger partial charge in [-0.05, 0) is 46.7 Å². The Morgan fingerprint density at radius 2 is 2.06 bits per heavy atom. The summed E-state index contributed by atoms with van der Waals surface area (Å²) in [6.07, 6.45) is -3.02. The predicted molar refractivity (Wildman–Crippen MR) is 60.2 cm³/mol. The molecule has 0 saturated heterocycles. The third-order valence-electron chi connectivity index (χ3n) is 1.79. The molecule has 6 heteroatoms. The molecule has 0 aliphatic carbocycles. The minimum Gasteiger partial charge on any atom is -0.406 e. The highest BCUT2D eigenvalue weighted by molar-refractivity contribution is 14.1. The first-order chi connectivity index (χ1) is 7.42. The molecule has 0 fully saturated rings. The van der Waals surface area contributed by atoms with Crippen molar-refractivity contribution in [3.8, 4) is 5.75 Å². The van der Waals surface area contributed by atoms with Gasteiger partial charge in [-0.3, -0.25) is 0 Å². The van der Waals surface area contributed by atoms with Crippen molar-refractivity contribution >= 4 is 28.9 Å². The molecule has 0 unspecified atom stereocenters. The summed E-state index contributed by atoms with van der Waals surface area (Å²) in [5.74, 6) is -0.244. The number of ether oxygens (including phenoxy) is 1. The van der Waals surface area contributed by atoms with Crippen molar-refractivity contribution in [3.05, 3.63) is 27.3 Å². The zero-order valence-corrected chi connectivity index (χ0v) is 10.2. The van der Waals surface area contributed by atoms with Gasteiger partial charge in [0.15, 0.2) is 0 Å². The fourth-order valence-electron chi connectivity index (χ4n) is 1.14. The van der Waals surface area contributed by atoms with Gasteiger partial charge in [-0.25, -0.2) is 0 Å². The van der Waals surface area contributed by atoms with E-state index in [1.165, 1.54) is 18.2 Å². The largest absolute Gasteiger partial charge is 0.573 e. The zero-order valence-electron chi connectivity index (χ0n) is 8.05. The molecular weight excluding hydrogens is 336 g/mol. The van der Waals surface area contributed by atoms with Gasteiger partial charge in [-0.1, -0.05) is 6.07 Å². The maximum atomic E-state index is 11.9. The molecule has 0 spiro atoms. The number of rotatable bonds is 4. The molecule has 0 aromatic heterocycles. The van der Waals surface area contributed by atoms with Crippen molar-refractivity contribution < 1.29 is 22.7 Å². The summed E-state index contributed by atoms with van der Waals surface area (Å²) in [6, 6.07) is 4.08. The van der Waals surface area contributed by atoms with Gasteiger partial charge < -0.3 is 9.53 Å².